The second-order valence-corrected chi connectivity index (χ2v) is 7.91. The Bertz CT molecular complexity index is 1010. The Morgan fingerprint density at radius 1 is 0.778 bits per heavy atom. The molecule has 5 nitrogen and oxygen atoms in total. The minimum atomic E-state index is -3.56. The molecule has 3 aromatic rings. The summed E-state index contributed by atoms with van der Waals surface area (Å²) in [7, 11) is -3.56. The average molecular weight is 380 g/mol. The number of rotatable bonds is 6. The van der Waals surface area contributed by atoms with Gasteiger partial charge in [0.15, 0.2) is 0 Å². The highest BCUT2D eigenvalue weighted by Gasteiger charge is 2.07. The number of carbonyl (C=O) groups excluding carboxylic acids is 1. The van der Waals surface area contributed by atoms with Crippen LogP contribution in [0.2, 0.25) is 0 Å². The van der Waals surface area contributed by atoms with Gasteiger partial charge in [-0.3, -0.25) is 4.79 Å². The van der Waals surface area contributed by atoms with Crippen molar-refractivity contribution in [3.63, 3.8) is 0 Å². The summed E-state index contributed by atoms with van der Waals surface area (Å²) in [5, 5.41) is 7.83. The Morgan fingerprint density at radius 2 is 1.33 bits per heavy atom. The maximum Gasteiger partial charge on any atom is 0.228 e. The Morgan fingerprint density at radius 3 is 1.93 bits per heavy atom. The Hall–Kier alpha value is -2.96. The van der Waals surface area contributed by atoms with Crippen molar-refractivity contribution in [1.82, 2.24) is 0 Å². The van der Waals surface area contributed by atoms with Crippen LogP contribution in [0.4, 0.5) is 5.69 Å². The molecule has 0 heterocycles. The van der Waals surface area contributed by atoms with Crippen LogP contribution in [0.3, 0.4) is 0 Å². The van der Waals surface area contributed by atoms with Crippen molar-refractivity contribution in [3.8, 4) is 11.1 Å². The number of amides is 1. The smallest absolute Gasteiger partial charge is 0.228 e. The van der Waals surface area contributed by atoms with Crippen LogP contribution in [0, 0.1) is 0 Å². The summed E-state index contributed by atoms with van der Waals surface area (Å²) in [6.45, 7) is 0. The minimum absolute atomic E-state index is 0.137. The van der Waals surface area contributed by atoms with E-state index in [1.54, 1.807) is 24.3 Å². The molecule has 0 bridgehead atoms. The number of anilines is 1. The first-order valence-corrected chi connectivity index (χ1v) is 10.1. The second-order valence-electron chi connectivity index (χ2n) is 6.29. The molecule has 27 heavy (non-hydrogen) atoms. The number of benzene rings is 3. The lowest BCUT2D eigenvalue weighted by molar-refractivity contribution is -0.115. The van der Waals surface area contributed by atoms with Crippen molar-refractivity contribution in [3.05, 3.63) is 90.0 Å². The van der Waals surface area contributed by atoms with Crippen molar-refractivity contribution in [1.29, 1.82) is 0 Å². The number of hydrogen-bond donors (Lipinski definition) is 2. The lowest BCUT2D eigenvalue weighted by Crippen LogP contribution is -2.15. The van der Waals surface area contributed by atoms with E-state index in [0.29, 0.717) is 11.3 Å². The van der Waals surface area contributed by atoms with E-state index in [1.165, 1.54) is 0 Å². The molecule has 0 spiro atoms. The maximum atomic E-state index is 12.2. The molecule has 3 N–H and O–H groups in total. The van der Waals surface area contributed by atoms with Gasteiger partial charge in [0, 0.05) is 5.69 Å². The van der Waals surface area contributed by atoms with Gasteiger partial charge in [0.2, 0.25) is 15.9 Å². The minimum Gasteiger partial charge on any atom is -0.326 e. The monoisotopic (exact) mass is 380 g/mol. The molecule has 0 aromatic heterocycles. The SMILES string of the molecule is NS(=O)(=O)Cc1ccc(NC(=O)Cc2ccc(-c3ccccc3)cc2)cc1. The van der Waals surface area contributed by atoms with E-state index < -0.39 is 10.0 Å². The number of nitrogens with two attached hydrogens (primary N) is 1. The van der Waals surface area contributed by atoms with Crippen LogP contribution < -0.4 is 10.5 Å². The third-order valence-electron chi connectivity index (χ3n) is 4.03. The van der Waals surface area contributed by atoms with Crippen LogP contribution in [0.25, 0.3) is 11.1 Å². The molecule has 0 aliphatic rings. The lowest BCUT2D eigenvalue weighted by atomic mass is 10.0. The first kappa shape index (κ1) is 18.8. The molecule has 0 aliphatic carbocycles. The second kappa shape index (κ2) is 8.16. The normalized spacial score (nSPS) is 11.1. The quantitative estimate of drug-likeness (QED) is 0.687. The van der Waals surface area contributed by atoms with Crippen LogP contribution in [0.5, 0.6) is 0 Å². The molecule has 138 valence electrons. The van der Waals surface area contributed by atoms with Crippen molar-refractivity contribution in [2.75, 3.05) is 5.32 Å². The van der Waals surface area contributed by atoms with Gasteiger partial charge in [-0.2, -0.15) is 0 Å². The van der Waals surface area contributed by atoms with Gasteiger partial charge in [0.25, 0.3) is 0 Å². The standard InChI is InChI=1S/C21H20N2O3S/c22-27(25,26)15-17-8-12-20(13-9-17)23-21(24)14-16-6-10-19(11-7-16)18-4-2-1-3-5-18/h1-13H,14-15H2,(H,23,24)(H2,22,25,26). The van der Waals surface area contributed by atoms with Crippen LogP contribution in [0.1, 0.15) is 11.1 Å². The van der Waals surface area contributed by atoms with Crippen molar-refractivity contribution >= 4 is 21.6 Å². The molecule has 3 aromatic carbocycles. The summed E-state index contributed by atoms with van der Waals surface area (Å²) in [6, 6.07) is 24.5. The van der Waals surface area contributed by atoms with Crippen LogP contribution in [-0.2, 0) is 27.0 Å². The molecule has 6 heteroatoms. The maximum absolute atomic E-state index is 12.2. The van der Waals surface area contributed by atoms with Gasteiger partial charge in [0.1, 0.15) is 0 Å². The fraction of sp³-hybridized carbons (Fsp3) is 0.0952. The van der Waals surface area contributed by atoms with E-state index >= 15 is 0 Å². The lowest BCUT2D eigenvalue weighted by Gasteiger charge is -2.07. The van der Waals surface area contributed by atoms with Gasteiger partial charge in [-0.25, -0.2) is 13.6 Å². The highest BCUT2D eigenvalue weighted by molar-refractivity contribution is 7.88. The topological polar surface area (TPSA) is 89.3 Å². The number of sulfonamides is 1. The number of carbonyl (C=O) groups is 1. The van der Waals surface area contributed by atoms with E-state index in [9.17, 15) is 13.2 Å². The van der Waals surface area contributed by atoms with Crippen LogP contribution in [0.15, 0.2) is 78.9 Å². The summed E-state index contributed by atoms with van der Waals surface area (Å²) in [4.78, 5) is 12.2. The molecule has 0 atom stereocenters. The summed E-state index contributed by atoms with van der Waals surface area (Å²) in [5.41, 5.74) is 4.34. The Labute approximate surface area is 158 Å². The Balaban J connectivity index is 1.59. The van der Waals surface area contributed by atoms with Gasteiger partial charge >= 0.3 is 0 Å². The summed E-state index contributed by atoms with van der Waals surface area (Å²) in [5.74, 6) is -0.365. The third kappa shape index (κ3) is 5.77. The zero-order valence-corrected chi connectivity index (χ0v) is 15.4. The van der Waals surface area contributed by atoms with E-state index in [1.807, 2.05) is 54.6 Å². The predicted octanol–water partition coefficient (Wildman–Crippen LogP) is 3.32. The van der Waals surface area contributed by atoms with Gasteiger partial charge in [-0.15, -0.1) is 0 Å². The molecular weight excluding hydrogens is 360 g/mol. The highest BCUT2D eigenvalue weighted by atomic mass is 32.2. The van der Waals surface area contributed by atoms with E-state index in [4.69, 9.17) is 5.14 Å². The summed E-state index contributed by atoms with van der Waals surface area (Å²) >= 11 is 0. The Kier molecular flexibility index (Phi) is 5.69. The first-order chi connectivity index (χ1) is 12.9. The van der Waals surface area contributed by atoms with Gasteiger partial charge in [-0.1, -0.05) is 66.7 Å². The molecule has 1 amide bonds. The fourth-order valence-corrected chi connectivity index (χ4v) is 3.41. The molecule has 0 aliphatic heterocycles. The summed E-state index contributed by atoms with van der Waals surface area (Å²) < 4.78 is 22.2. The molecule has 0 unspecified atom stereocenters. The van der Waals surface area contributed by atoms with Crippen LogP contribution in [-0.4, -0.2) is 14.3 Å². The van der Waals surface area contributed by atoms with Gasteiger partial charge < -0.3 is 5.32 Å². The highest BCUT2D eigenvalue weighted by Crippen LogP contribution is 2.19. The number of primary sulfonamides is 1. The number of nitrogens with one attached hydrogen (secondary N) is 1. The van der Waals surface area contributed by atoms with E-state index in [0.717, 1.165) is 16.7 Å². The predicted molar refractivity (Wildman–Crippen MR) is 107 cm³/mol. The van der Waals surface area contributed by atoms with E-state index in [2.05, 4.69) is 5.32 Å². The average Bonchev–Trinajstić information content (AvgIpc) is 2.63. The van der Waals surface area contributed by atoms with E-state index in [-0.39, 0.29) is 18.1 Å². The number of hydrogen-bond acceptors (Lipinski definition) is 3. The van der Waals surface area contributed by atoms with Gasteiger partial charge in [-0.05, 0) is 34.4 Å². The molecule has 3 rings (SSSR count). The molecule has 0 radical (unpaired) electrons. The fourth-order valence-electron chi connectivity index (χ4n) is 2.75. The molecule has 0 saturated carbocycles. The molecule has 0 saturated heterocycles. The summed E-state index contributed by atoms with van der Waals surface area (Å²) in [6.07, 6.45) is 0.258. The van der Waals surface area contributed by atoms with Crippen molar-refractivity contribution < 1.29 is 13.2 Å². The molecular formula is C21H20N2O3S. The largest absolute Gasteiger partial charge is 0.326 e. The zero-order chi connectivity index (χ0) is 19.3. The first-order valence-electron chi connectivity index (χ1n) is 8.43. The molecule has 0 fully saturated rings. The third-order valence-corrected chi connectivity index (χ3v) is 4.77. The van der Waals surface area contributed by atoms with Crippen LogP contribution >= 0.6 is 0 Å². The zero-order valence-electron chi connectivity index (χ0n) is 14.6. The van der Waals surface area contributed by atoms with Crippen molar-refractivity contribution in [2.45, 2.75) is 12.2 Å². The van der Waals surface area contributed by atoms with Crippen molar-refractivity contribution in [2.24, 2.45) is 5.14 Å². The van der Waals surface area contributed by atoms with Gasteiger partial charge in [0.05, 0.1) is 12.2 Å².